The summed E-state index contributed by atoms with van der Waals surface area (Å²) in [5.74, 6) is 0.334. The molecule has 3 rings (SSSR count). The van der Waals surface area contributed by atoms with Gasteiger partial charge in [0.25, 0.3) is 5.91 Å². The van der Waals surface area contributed by atoms with Gasteiger partial charge in [0.05, 0.1) is 6.26 Å². The lowest BCUT2D eigenvalue weighted by Crippen LogP contribution is -2.34. The van der Waals surface area contributed by atoms with Crippen LogP contribution < -0.4 is 10.6 Å². The zero-order chi connectivity index (χ0) is 14.7. The first kappa shape index (κ1) is 13.3. The summed E-state index contributed by atoms with van der Waals surface area (Å²) >= 11 is 0. The van der Waals surface area contributed by atoms with Gasteiger partial charge in [-0.05, 0) is 25.0 Å². The molecule has 0 radical (unpaired) electrons. The number of rotatable bonds is 6. The molecule has 0 aromatic carbocycles. The highest BCUT2D eigenvalue weighted by atomic mass is 16.5. The second kappa shape index (κ2) is 5.78. The molecule has 110 valence electrons. The van der Waals surface area contributed by atoms with Crippen LogP contribution in [0.3, 0.4) is 0 Å². The van der Waals surface area contributed by atoms with E-state index in [0.717, 1.165) is 12.8 Å². The van der Waals surface area contributed by atoms with E-state index in [4.69, 9.17) is 8.94 Å². The summed E-state index contributed by atoms with van der Waals surface area (Å²) < 4.78 is 9.83. The Morgan fingerprint density at radius 2 is 2.00 bits per heavy atom. The van der Waals surface area contributed by atoms with Crippen molar-refractivity contribution in [2.75, 3.05) is 13.1 Å². The molecule has 0 bridgehead atoms. The van der Waals surface area contributed by atoms with Crippen LogP contribution >= 0.6 is 0 Å². The lowest BCUT2D eigenvalue weighted by atomic mass is 10.4. The smallest absolute Gasteiger partial charge is 0.315 e. The fourth-order valence-electron chi connectivity index (χ4n) is 1.76. The minimum atomic E-state index is -0.443. The van der Waals surface area contributed by atoms with Gasteiger partial charge in [-0.1, -0.05) is 5.16 Å². The molecule has 0 unspecified atom stereocenters. The Kier molecular flexibility index (Phi) is 3.67. The standard InChI is InChI=1S/C13H14N4O4/c18-11(9-2-1-7-20-9)14-5-6-15-12(19)13-16-10(17-21-13)8-3-4-8/h1-2,7-8H,3-6H2,(H,14,18)(H,15,19). The maximum Gasteiger partial charge on any atom is 0.315 e. The lowest BCUT2D eigenvalue weighted by molar-refractivity contribution is 0.0891. The van der Waals surface area contributed by atoms with Gasteiger partial charge in [0.1, 0.15) is 0 Å². The Morgan fingerprint density at radius 1 is 1.24 bits per heavy atom. The summed E-state index contributed by atoms with van der Waals surface area (Å²) in [6.07, 6.45) is 3.50. The van der Waals surface area contributed by atoms with Gasteiger partial charge < -0.3 is 19.6 Å². The molecule has 8 heteroatoms. The predicted molar refractivity (Wildman–Crippen MR) is 69.6 cm³/mol. The molecule has 0 spiro atoms. The highest BCUT2D eigenvalue weighted by Gasteiger charge is 2.29. The third-order valence-electron chi connectivity index (χ3n) is 3.02. The van der Waals surface area contributed by atoms with E-state index in [0.29, 0.717) is 11.7 Å². The van der Waals surface area contributed by atoms with Gasteiger partial charge in [0.15, 0.2) is 11.6 Å². The molecule has 21 heavy (non-hydrogen) atoms. The molecule has 0 saturated heterocycles. The Morgan fingerprint density at radius 3 is 2.67 bits per heavy atom. The number of carbonyl (C=O) groups is 2. The highest BCUT2D eigenvalue weighted by molar-refractivity contribution is 5.91. The molecule has 8 nitrogen and oxygen atoms in total. The number of amides is 2. The van der Waals surface area contributed by atoms with Crippen LogP contribution in [0, 0.1) is 0 Å². The van der Waals surface area contributed by atoms with Crippen LogP contribution in [0.4, 0.5) is 0 Å². The van der Waals surface area contributed by atoms with E-state index < -0.39 is 5.91 Å². The fraction of sp³-hybridized carbons (Fsp3) is 0.385. The van der Waals surface area contributed by atoms with Crippen molar-refractivity contribution in [3.63, 3.8) is 0 Å². The summed E-state index contributed by atoms with van der Waals surface area (Å²) in [4.78, 5) is 27.3. The van der Waals surface area contributed by atoms with Crippen LogP contribution in [0.25, 0.3) is 0 Å². The Balaban J connectivity index is 1.40. The van der Waals surface area contributed by atoms with Gasteiger partial charge in [-0.3, -0.25) is 9.59 Å². The molecule has 1 fully saturated rings. The normalized spacial score (nSPS) is 13.9. The Bertz CT molecular complexity index is 630. The number of nitrogens with zero attached hydrogens (tertiary/aromatic N) is 2. The summed E-state index contributed by atoms with van der Waals surface area (Å²) in [6.45, 7) is 0.529. The first-order valence-corrected chi connectivity index (χ1v) is 6.67. The minimum Gasteiger partial charge on any atom is -0.459 e. The number of furan rings is 1. The third kappa shape index (κ3) is 3.28. The number of hydrogen-bond donors (Lipinski definition) is 2. The predicted octanol–water partition coefficient (Wildman–Crippen LogP) is 0.700. The molecule has 0 atom stereocenters. The maximum absolute atomic E-state index is 11.7. The number of hydrogen-bond acceptors (Lipinski definition) is 6. The first-order chi connectivity index (χ1) is 10.2. The zero-order valence-electron chi connectivity index (χ0n) is 11.2. The monoisotopic (exact) mass is 290 g/mol. The van der Waals surface area contributed by atoms with Crippen molar-refractivity contribution in [2.24, 2.45) is 0 Å². The van der Waals surface area contributed by atoms with Gasteiger partial charge in [-0.2, -0.15) is 4.98 Å². The molecule has 1 saturated carbocycles. The van der Waals surface area contributed by atoms with Crippen LogP contribution in [0.5, 0.6) is 0 Å². The quantitative estimate of drug-likeness (QED) is 0.758. The van der Waals surface area contributed by atoms with Crippen molar-refractivity contribution >= 4 is 11.8 Å². The average Bonchev–Trinajstić information content (AvgIpc) is 3.02. The van der Waals surface area contributed by atoms with Crippen molar-refractivity contribution in [3.8, 4) is 0 Å². The number of aromatic nitrogens is 2. The summed E-state index contributed by atoms with van der Waals surface area (Å²) in [5.41, 5.74) is 0. The van der Waals surface area contributed by atoms with E-state index in [1.807, 2.05) is 0 Å². The minimum absolute atomic E-state index is 0.0470. The molecule has 2 aromatic heterocycles. The summed E-state index contributed by atoms with van der Waals surface area (Å²) in [7, 11) is 0. The molecule has 2 amide bonds. The SMILES string of the molecule is O=C(NCCNC(=O)c1nc(C2CC2)no1)c1ccco1. The topological polar surface area (TPSA) is 110 Å². The van der Waals surface area contributed by atoms with E-state index in [1.165, 1.54) is 6.26 Å². The molecule has 1 aliphatic carbocycles. The van der Waals surface area contributed by atoms with E-state index in [-0.39, 0.29) is 30.6 Å². The van der Waals surface area contributed by atoms with Crippen molar-refractivity contribution < 1.29 is 18.5 Å². The maximum atomic E-state index is 11.7. The average molecular weight is 290 g/mol. The van der Waals surface area contributed by atoms with E-state index in [1.54, 1.807) is 12.1 Å². The van der Waals surface area contributed by atoms with Crippen molar-refractivity contribution in [2.45, 2.75) is 18.8 Å². The zero-order valence-corrected chi connectivity index (χ0v) is 11.2. The van der Waals surface area contributed by atoms with E-state index in [2.05, 4.69) is 20.8 Å². The van der Waals surface area contributed by atoms with Gasteiger partial charge in [-0.15, -0.1) is 0 Å². The van der Waals surface area contributed by atoms with Crippen LogP contribution in [-0.2, 0) is 0 Å². The molecule has 0 aliphatic heterocycles. The van der Waals surface area contributed by atoms with Crippen LogP contribution in [0.1, 0.15) is 45.8 Å². The van der Waals surface area contributed by atoms with Gasteiger partial charge >= 0.3 is 11.8 Å². The van der Waals surface area contributed by atoms with Gasteiger partial charge in [-0.25, -0.2) is 0 Å². The highest BCUT2D eigenvalue weighted by Crippen LogP contribution is 2.37. The lowest BCUT2D eigenvalue weighted by Gasteiger charge is -2.03. The second-order valence-corrected chi connectivity index (χ2v) is 4.72. The van der Waals surface area contributed by atoms with Gasteiger partial charge in [0.2, 0.25) is 0 Å². The molecular formula is C13H14N4O4. The fourth-order valence-corrected chi connectivity index (χ4v) is 1.76. The van der Waals surface area contributed by atoms with E-state index in [9.17, 15) is 9.59 Å². The Hall–Kier alpha value is -2.64. The first-order valence-electron chi connectivity index (χ1n) is 6.67. The molecule has 2 heterocycles. The molecule has 1 aliphatic rings. The van der Waals surface area contributed by atoms with Gasteiger partial charge in [0, 0.05) is 19.0 Å². The third-order valence-corrected chi connectivity index (χ3v) is 3.02. The summed E-state index contributed by atoms with van der Waals surface area (Å²) in [6, 6.07) is 3.19. The Labute approximate surface area is 119 Å². The van der Waals surface area contributed by atoms with Crippen molar-refractivity contribution in [3.05, 3.63) is 35.9 Å². The van der Waals surface area contributed by atoms with Crippen LogP contribution in [-0.4, -0.2) is 35.0 Å². The molecule has 2 N–H and O–H groups in total. The molecule has 2 aromatic rings. The molecular weight excluding hydrogens is 276 g/mol. The largest absolute Gasteiger partial charge is 0.459 e. The van der Waals surface area contributed by atoms with Crippen LogP contribution in [0.15, 0.2) is 27.3 Å². The van der Waals surface area contributed by atoms with Crippen molar-refractivity contribution in [1.82, 2.24) is 20.8 Å². The number of nitrogens with one attached hydrogen (secondary N) is 2. The van der Waals surface area contributed by atoms with Crippen LogP contribution in [0.2, 0.25) is 0 Å². The van der Waals surface area contributed by atoms with E-state index >= 15 is 0 Å². The second-order valence-electron chi connectivity index (χ2n) is 4.72. The summed E-state index contributed by atoms with van der Waals surface area (Å²) in [5, 5.41) is 8.96. The van der Waals surface area contributed by atoms with Crippen molar-refractivity contribution in [1.29, 1.82) is 0 Å². The number of carbonyl (C=O) groups excluding carboxylic acids is 2.